The van der Waals surface area contributed by atoms with Crippen LogP contribution in [0.2, 0.25) is 0 Å². The zero-order valence-corrected chi connectivity index (χ0v) is 13.7. The Labute approximate surface area is 143 Å². The first-order chi connectivity index (χ1) is 11.9. The number of rotatable bonds is 3. The lowest BCUT2D eigenvalue weighted by molar-refractivity contribution is 0.0931. The number of nitrogens with two attached hydrogens (primary N) is 1. The fourth-order valence-electron chi connectivity index (χ4n) is 3.15. The van der Waals surface area contributed by atoms with Gasteiger partial charge in [-0.15, -0.1) is 0 Å². The molecule has 2 amide bonds. The number of carbonyl (C=O) groups is 2. The molecule has 6 nitrogen and oxygen atoms in total. The molecule has 1 heterocycles. The maximum atomic E-state index is 13.4. The van der Waals surface area contributed by atoms with Gasteiger partial charge in [0.1, 0.15) is 11.4 Å². The fraction of sp³-hybridized carbons (Fsp3) is 0.278. The summed E-state index contributed by atoms with van der Waals surface area (Å²) in [7, 11) is 0. The predicted molar refractivity (Wildman–Crippen MR) is 89.9 cm³/mol. The van der Waals surface area contributed by atoms with Gasteiger partial charge in [0, 0.05) is 11.3 Å². The van der Waals surface area contributed by atoms with Crippen LogP contribution in [0.15, 0.2) is 29.1 Å². The third-order valence-electron chi connectivity index (χ3n) is 4.47. The molecule has 130 valence electrons. The Kier molecular flexibility index (Phi) is 4.39. The molecule has 0 radical (unpaired) electrons. The molecule has 0 saturated heterocycles. The number of aromatic nitrogens is 1. The van der Waals surface area contributed by atoms with Gasteiger partial charge in [-0.3, -0.25) is 14.4 Å². The SMILES string of the molecule is Cc1ccc(F)cc1C(=O)NC1CCCc2[nH]c(=O)c(C(N)=O)cc21. The lowest BCUT2D eigenvalue weighted by atomic mass is 9.90. The quantitative estimate of drug-likeness (QED) is 0.790. The largest absolute Gasteiger partial charge is 0.365 e. The molecule has 7 heteroatoms. The van der Waals surface area contributed by atoms with Crippen LogP contribution in [0.4, 0.5) is 4.39 Å². The molecule has 1 aliphatic carbocycles. The van der Waals surface area contributed by atoms with Gasteiger partial charge in [0.15, 0.2) is 0 Å². The van der Waals surface area contributed by atoms with Crippen LogP contribution < -0.4 is 16.6 Å². The maximum Gasteiger partial charge on any atom is 0.261 e. The molecule has 0 aliphatic heterocycles. The lowest BCUT2D eigenvalue weighted by Crippen LogP contribution is -2.34. The second kappa shape index (κ2) is 6.51. The number of pyridine rings is 1. The second-order valence-corrected chi connectivity index (χ2v) is 6.19. The predicted octanol–water partition coefficient (Wildman–Crippen LogP) is 1.73. The molecule has 1 aromatic heterocycles. The molecule has 3 rings (SSSR count). The average molecular weight is 343 g/mol. The maximum absolute atomic E-state index is 13.4. The highest BCUT2D eigenvalue weighted by Gasteiger charge is 2.25. The molecule has 2 aromatic rings. The summed E-state index contributed by atoms with van der Waals surface area (Å²) < 4.78 is 13.4. The van der Waals surface area contributed by atoms with Gasteiger partial charge >= 0.3 is 0 Å². The standard InChI is InChI=1S/C18H18FN3O3/c1-9-5-6-10(19)7-11(9)17(24)21-14-3-2-4-15-12(14)8-13(16(20)23)18(25)22-15/h5-8,14H,2-4H2,1H3,(H2,20,23)(H,21,24)(H,22,25). The van der Waals surface area contributed by atoms with Gasteiger partial charge in [-0.25, -0.2) is 4.39 Å². The minimum atomic E-state index is -0.819. The summed E-state index contributed by atoms with van der Waals surface area (Å²) in [5.41, 5.74) is 6.84. The monoisotopic (exact) mass is 343 g/mol. The number of aromatic amines is 1. The Morgan fingerprint density at radius 3 is 2.76 bits per heavy atom. The van der Waals surface area contributed by atoms with Crippen molar-refractivity contribution in [1.29, 1.82) is 0 Å². The van der Waals surface area contributed by atoms with Crippen molar-refractivity contribution in [3.8, 4) is 0 Å². The van der Waals surface area contributed by atoms with Crippen molar-refractivity contribution < 1.29 is 14.0 Å². The Morgan fingerprint density at radius 1 is 1.28 bits per heavy atom. The molecule has 1 atom stereocenters. The molecule has 25 heavy (non-hydrogen) atoms. The van der Waals surface area contributed by atoms with E-state index in [2.05, 4.69) is 10.3 Å². The second-order valence-electron chi connectivity index (χ2n) is 6.19. The topological polar surface area (TPSA) is 105 Å². The van der Waals surface area contributed by atoms with Crippen molar-refractivity contribution in [3.63, 3.8) is 0 Å². The summed E-state index contributed by atoms with van der Waals surface area (Å²) >= 11 is 0. The minimum Gasteiger partial charge on any atom is -0.365 e. The number of hydrogen-bond acceptors (Lipinski definition) is 3. The normalized spacial score (nSPS) is 16.2. The molecule has 1 aromatic carbocycles. The molecule has 1 unspecified atom stereocenters. The Bertz CT molecular complexity index is 920. The van der Waals surface area contributed by atoms with E-state index in [0.29, 0.717) is 29.7 Å². The summed E-state index contributed by atoms with van der Waals surface area (Å²) in [4.78, 5) is 38.5. The Balaban J connectivity index is 1.94. The van der Waals surface area contributed by atoms with E-state index in [0.717, 1.165) is 6.42 Å². The molecular weight excluding hydrogens is 325 g/mol. The van der Waals surface area contributed by atoms with Crippen molar-refractivity contribution >= 4 is 11.8 Å². The number of H-pyrrole nitrogens is 1. The van der Waals surface area contributed by atoms with Gasteiger partial charge in [0.25, 0.3) is 17.4 Å². The van der Waals surface area contributed by atoms with Gasteiger partial charge in [-0.2, -0.15) is 0 Å². The molecular formula is C18H18FN3O3. The highest BCUT2D eigenvalue weighted by Crippen LogP contribution is 2.28. The third kappa shape index (κ3) is 3.31. The van der Waals surface area contributed by atoms with Crippen LogP contribution in [0, 0.1) is 12.7 Å². The number of hydrogen-bond donors (Lipinski definition) is 3. The van der Waals surface area contributed by atoms with E-state index >= 15 is 0 Å². The number of primary amides is 1. The molecule has 4 N–H and O–H groups in total. The molecule has 1 aliphatic rings. The van der Waals surface area contributed by atoms with E-state index in [4.69, 9.17) is 5.73 Å². The zero-order chi connectivity index (χ0) is 18.1. The van der Waals surface area contributed by atoms with Crippen LogP contribution in [-0.4, -0.2) is 16.8 Å². The van der Waals surface area contributed by atoms with Gasteiger partial charge < -0.3 is 16.0 Å². The van der Waals surface area contributed by atoms with Gasteiger partial charge in [-0.05, 0) is 55.5 Å². The summed E-state index contributed by atoms with van der Waals surface area (Å²) in [5.74, 6) is -1.71. The summed E-state index contributed by atoms with van der Waals surface area (Å²) in [6.07, 6.45) is 2.07. The molecule has 0 spiro atoms. The third-order valence-corrected chi connectivity index (χ3v) is 4.47. The van der Waals surface area contributed by atoms with Crippen LogP contribution in [-0.2, 0) is 6.42 Å². The van der Waals surface area contributed by atoms with Gasteiger partial charge in [0.2, 0.25) is 0 Å². The molecule has 0 bridgehead atoms. The number of carbonyl (C=O) groups excluding carboxylic acids is 2. The van der Waals surface area contributed by atoms with Crippen LogP contribution in [0.5, 0.6) is 0 Å². The van der Waals surface area contributed by atoms with Crippen molar-refractivity contribution in [2.45, 2.75) is 32.2 Å². The van der Waals surface area contributed by atoms with E-state index < -0.39 is 23.2 Å². The van der Waals surface area contributed by atoms with Crippen LogP contribution in [0.25, 0.3) is 0 Å². The summed E-state index contributed by atoms with van der Waals surface area (Å²) in [6, 6.07) is 5.09. The van der Waals surface area contributed by atoms with Gasteiger partial charge in [-0.1, -0.05) is 6.07 Å². The van der Waals surface area contributed by atoms with E-state index in [9.17, 15) is 18.8 Å². The lowest BCUT2D eigenvalue weighted by Gasteiger charge is -2.26. The number of benzene rings is 1. The molecule has 0 saturated carbocycles. The van der Waals surface area contributed by atoms with E-state index in [1.165, 1.54) is 18.2 Å². The van der Waals surface area contributed by atoms with Gasteiger partial charge in [0.05, 0.1) is 6.04 Å². The number of amides is 2. The van der Waals surface area contributed by atoms with E-state index in [1.807, 2.05) is 0 Å². The highest BCUT2D eigenvalue weighted by atomic mass is 19.1. The van der Waals surface area contributed by atoms with Crippen LogP contribution in [0.3, 0.4) is 0 Å². The van der Waals surface area contributed by atoms with E-state index in [1.54, 1.807) is 13.0 Å². The fourth-order valence-corrected chi connectivity index (χ4v) is 3.15. The smallest absolute Gasteiger partial charge is 0.261 e. The van der Waals surface area contributed by atoms with Crippen molar-refractivity contribution in [3.05, 3.63) is 68.4 Å². The first-order valence-electron chi connectivity index (χ1n) is 7.99. The number of fused-ring (bicyclic) bond motifs is 1. The van der Waals surface area contributed by atoms with Crippen molar-refractivity contribution in [2.24, 2.45) is 5.73 Å². The minimum absolute atomic E-state index is 0.137. The number of nitrogens with one attached hydrogen (secondary N) is 2. The Morgan fingerprint density at radius 2 is 2.04 bits per heavy atom. The number of aryl methyl sites for hydroxylation is 2. The summed E-state index contributed by atoms with van der Waals surface area (Å²) in [5, 5.41) is 2.87. The number of halogens is 1. The van der Waals surface area contributed by atoms with E-state index in [-0.39, 0.29) is 17.2 Å². The summed E-state index contributed by atoms with van der Waals surface area (Å²) in [6.45, 7) is 1.73. The average Bonchev–Trinajstić information content (AvgIpc) is 2.56. The Hall–Kier alpha value is -2.96. The first kappa shape index (κ1) is 16.9. The zero-order valence-electron chi connectivity index (χ0n) is 13.7. The van der Waals surface area contributed by atoms with Crippen molar-refractivity contribution in [1.82, 2.24) is 10.3 Å². The van der Waals surface area contributed by atoms with Crippen LogP contribution >= 0.6 is 0 Å². The van der Waals surface area contributed by atoms with Crippen LogP contribution in [0.1, 0.15) is 56.4 Å². The molecule has 0 fully saturated rings. The van der Waals surface area contributed by atoms with Crippen molar-refractivity contribution in [2.75, 3.05) is 0 Å². The highest BCUT2D eigenvalue weighted by molar-refractivity contribution is 5.96. The first-order valence-corrected chi connectivity index (χ1v) is 7.99.